The van der Waals surface area contributed by atoms with Gasteiger partial charge in [0.15, 0.2) is 0 Å². The van der Waals surface area contributed by atoms with Crippen LogP contribution in [0.15, 0.2) is 41.9 Å². The molecule has 0 spiro atoms. The molecule has 2 N–H and O–H groups in total. The smallest absolute Gasteiger partial charge is 0.0818 e. The zero-order chi connectivity index (χ0) is 19.8. The number of nitrogens with zero attached hydrogens (tertiary/aromatic N) is 2. The number of hydrogen-bond donors (Lipinski definition) is 2. The predicted octanol–water partition coefficient (Wildman–Crippen LogP) is 5.15. The number of benzene rings is 2. The Morgan fingerprint density at radius 1 is 1.17 bits per heavy atom. The Bertz CT molecular complexity index is 1130. The third-order valence-corrected chi connectivity index (χ3v) is 7.25. The molecule has 0 aliphatic carbocycles. The van der Waals surface area contributed by atoms with E-state index in [0.717, 1.165) is 18.6 Å². The highest BCUT2D eigenvalue weighted by Crippen LogP contribution is 2.35. The van der Waals surface area contributed by atoms with Crippen molar-refractivity contribution in [2.75, 3.05) is 33.2 Å². The molecule has 29 heavy (non-hydrogen) atoms. The van der Waals surface area contributed by atoms with Crippen LogP contribution in [0.25, 0.3) is 32.4 Å². The highest BCUT2D eigenvalue weighted by atomic mass is 32.1. The zero-order valence-electron chi connectivity index (χ0n) is 17.2. The van der Waals surface area contributed by atoms with E-state index in [0.29, 0.717) is 5.92 Å². The molecule has 4 aromatic rings. The minimum Gasteiger partial charge on any atom is -0.354 e. The summed E-state index contributed by atoms with van der Waals surface area (Å²) in [5.41, 5.74) is 9.49. The summed E-state index contributed by atoms with van der Waals surface area (Å²) in [6.07, 6.45) is 2.51. The lowest BCUT2D eigenvalue weighted by Crippen LogP contribution is -2.37. The molecule has 0 radical (unpaired) electrons. The van der Waals surface area contributed by atoms with E-state index < -0.39 is 0 Å². The van der Waals surface area contributed by atoms with Crippen LogP contribution in [-0.2, 0) is 0 Å². The molecular weight excluding hydrogens is 376 g/mol. The lowest BCUT2D eigenvalue weighted by Gasteiger charge is -2.32. The van der Waals surface area contributed by atoms with Gasteiger partial charge in [-0.3, -0.25) is 0 Å². The summed E-state index contributed by atoms with van der Waals surface area (Å²) in [4.78, 5) is 10.7. The molecule has 1 aliphatic heterocycles. The van der Waals surface area contributed by atoms with E-state index in [1.54, 1.807) is 11.3 Å². The summed E-state index contributed by atoms with van der Waals surface area (Å²) < 4.78 is 1.24. The second-order valence-electron chi connectivity index (χ2n) is 8.18. The number of aryl methyl sites for hydroxylation is 1. The molecule has 0 amide bonds. The first-order valence-corrected chi connectivity index (χ1v) is 11.4. The van der Waals surface area contributed by atoms with E-state index in [9.17, 15) is 0 Å². The van der Waals surface area contributed by atoms with Crippen LogP contribution in [0, 0.1) is 6.92 Å². The Kier molecular flexibility index (Phi) is 5.12. The Hall–Kier alpha value is -2.21. The van der Waals surface area contributed by atoms with E-state index in [2.05, 4.69) is 63.5 Å². The summed E-state index contributed by atoms with van der Waals surface area (Å²) >= 11 is 1.69. The number of aromatic amines is 1. The number of likely N-dealkylation sites (N-methyl/N-ethyl adjacent to an activating group) is 1. The van der Waals surface area contributed by atoms with Crippen molar-refractivity contribution < 1.29 is 0 Å². The van der Waals surface area contributed by atoms with Crippen LogP contribution < -0.4 is 5.32 Å². The first kappa shape index (κ1) is 18.8. The molecule has 4 nitrogen and oxygen atoms in total. The van der Waals surface area contributed by atoms with Gasteiger partial charge in [-0.2, -0.15) is 0 Å². The van der Waals surface area contributed by atoms with E-state index in [1.807, 2.05) is 12.6 Å². The number of H-pyrrole nitrogens is 1. The van der Waals surface area contributed by atoms with Gasteiger partial charge in [0.1, 0.15) is 0 Å². The summed E-state index contributed by atoms with van der Waals surface area (Å²) in [5.74, 6) is 0.675. The minimum absolute atomic E-state index is 0.675. The number of aromatic nitrogens is 2. The molecule has 0 unspecified atom stereocenters. The number of fused-ring (bicyclic) bond motifs is 2. The second kappa shape index (κ2) is 7.90. The van der Waals surface area contributed by atoms with Gasteiger partial charge >= 0.3 is 0 Å². The van der Waals surface area contributed by atoms with Gasteiger partial charge in [-0.15, -0.1) is 11.3 Å². The molecule has 2 aromatic heterocycles. The third-order valence-electron chi connectivity index (χ3n) is 6.44. The van der Waals surface area contributed by atoms with Gasteiger partial charge in [0.2, 0.25) is 0 Å². The van der Waals surface area contributed by atoms with Crippen LogP contribution in [0.2, 0.25) is 0 Å². The topological polar surface area (TPSA) is 44.0 Å². The Labute approximate surface area is 176 Å². The summed E-state index contributed by atoms with van der Waals surface area (Å²) in [6, 6.07) is 13.6. The molecule has 1 aliphatic rings. The molecule has 0 atom stereocenters. The minimum atomic E-state index is 0.675. The number of thiazole rings is 1. The van der Waals surface area contributed by atoms with Crippen LogP contribution in [0.1, 0.15) is 29.9 Å². The summed E-state index contributed by atoms with van der Waals surface area (Å²) in [7, 11) is 2.03. The van der Waals surface area contributed by atoms with Crippen molar-refractivity contribution in [1.82, 2.24) is 20.2 Å². The van der Waals surface area contributed by atoms with Gasteiger partial charge in [-0.05, 0) is 81.2 Å². The van der Waals surface area contributed by atoms with Crippen LogP contribution in [0.5, 0.6) is 0 Å². The highest BCUT2D eigenvalue weighted by Gasteiger charge is 2.21. The maximum atomic E-state index is 4.49. The van der Waals surface area contributed by atoms with Gasteiger partial charge in [0.05, 0.1) is 15.7 Å². The van der Waals surface area contributed by atoms with Crippen molar-refractivity contribution in [3.63, 3.8) is 0 Å². The van der Waals surface area contributed by atoms with Gasteiger partial charge in [-0.25, -0.2) is 4.98 Å². The molecule has 2 aromatic carbocycles. The number of piperidine rings is 1. The lowest BCUT2D eigenvalue weighted by atomic mass is 9.88. The Balaban J connectivity index is 1.41. The average molecular weight is 405 g/mol. The van der Waals surface area contributed by atoms with Crippen molar-refractivity contribution in [2.45, 2.75) is 25.7 Å². The Morgan fingerprint density at radius 3 is 2.86 bits per heavy atom. The van der Waals surface area contributed by atoms with E-state index >= 15 is 0 Å². The van der Waals surface area contributed by atoms with Crippen molar-refractivity contribution in [2.24, 2.45) is 0 Å². The van der Waals surface area contributed by atoms with Crippen LogP contribution in [-0.4, -0.2) is 48.1 Å². The van der Waals surface area contributed by atoms with Crippen LogP contribution in [0.3, 0.4) is 0 Å². The fourth-order valence-electron chi connectivity index (χ4n) is 4.66. The molecular formula is C24H28N4S. The fourth-order valence-corrected chi connectivity index (χ4v) is 5.32. The second-order valence-corrected chi connectivity index (χ2v) is 9.07. The zero-order valence-corrected chi connectivity index (χ0v) is 18.0. The quantitative estimate of drug-likeness (QED) is 0.483. The van der Waals surface area contributed by atoms with Gasteiger partial charge in [-0.1, -0.05) is 12.1 Å². The predicted molar refractivity (Wildman–Crippen MR) is 124 cm³/mol. The Morgan fingerprint density at radius 2 is 2.03 bits per heavy atom. The van der Waals surface area contributed by atoms with Crippen molar-refractivity contribution in [1.29, 1.82) is 0 Å². The highest BCUT2D eigenvalue weighted by molar-refractivity contribution is 7.16. The molecule has 0 saturated carbocycles. The van der Waals surface area contributed by atoms with E-state index in [-0.39, 0.29) is 0 Å². The number of likely N-dealkylation sites (tertiary alicyclic amines) is 1. The van der Waals surface area contributed by atoms with Crippen molar-refractivity contribution in [3.8, 4) is 11.3 Å². The maximum Gasteiger partial charge on any atom is 0.0818 e. The molecule has 0 bridgehead atoms. The van der Waals surface area contributed by atoms with E-state index in [4.69, 9.17) is 0 Å². The van der Waals surface area contributed by atoms with Crippen LogP contribution >= 0.6 is 11.3 Å². The molecule has 3 heterocycles. The van der Waals surface area contributed by atoms with E-state index in [1.165, 1.54) is 63.9 Å². The van der Waals surface area contributed by atoms with Crippen LogP contribution in [0.4, 0.5) is 0 Å². The first-order chi connectivity index (χ1) is 14.2. The monoisotopic (exact) mass is 404 g/mol. The summed E-state index contributed by atoms with van der Waals surface area (Å²) in [5, 5.41) is 4.61. The standard InChI is InChI=1S/C24H28N4S/c1-16-20-13-18(17-7-10-28(11-8-17)12-9-25-2)3-5-21(20)27-24(16)19-4-6-23-22(14-19)26-15-29-23/h3-6,13-15,17,25,27H,7-12H2,1-2H3. The molecule has 5 rings (SSSR count). The largest absolute Gasteiger partial charge is 0.354 e. The van der Waals surface area contributed by atoms with Crippen molar-refractivity contribution >= 4 is 32.5 Å². The molecule has 1 saturated heterocycles. The van der Waals surface area contributed by atoms with Crippen molar-refractivity contribution in [3.05, 3.63) is 53.0 Å². The average Bonchev–Trinajstić information content (AvgIpc) is 3.36. The van der Waals surface area contributed by atoms with Gasteiger partial charge < -0.3 is 15.2 Å². The number of hydrogen-bond acceptors (Lipinski definition) is 4. The van der Waals surface area contributed by atoms with Gasteiger partial charge in [0, 0.05) is 35.2 Å². The number of nitrogens with one attached hydrogen (secondary N) is 2. The molecule has 150 valence electrons. The number of rotatable bonds is 5. The fraction of sp³-hybridized carbons (Fsp3) is 0.375. The normalized spacial score (nSPS) is 16.2. The SMILES string of the molecule is CNCCN1CCC(c2ccc3[nH]c(-c4ccc5scnc5c4)c(C)c3c2)CC1. The molecule has 5 heteroatoms. The maximum absolute atomic E-state index is 4.49. The molecule has 1 fully saturated rings. The lowest BCUT2D eigenvalue weighted by molar-refractivity contribution is 0.214. The van der Waals surface area contributed by atoms with Gasteiger partial charge in [0.25, 0.3) is 0 Å². The first-order valence-electron chi connectivity index (χ1n) is 10.6. The summed E-state index contributed by atoms with van der Waals surface area (Å²) in [6.45, 7) is 6.88. The third kappa shape index (κ3) is 3.59.